The van der Waals surface area contributed by atoms with Crippen LogP contribution in [0.1, 0.15) is 63.0 Å². The Balaban J connectivity index is 1.65. The van der Waals surface area contributed by atoms with Gasteiger partial charge in [0.05, 0.1) is 6.54 Å². The highest BCUT2D eigenvalue weighted by molar-refractivity contribution is 5.08. The first-order valence-electron chi connectivity index (χ1n) is 9.04. The Morgan fingerprint density at radius 3 is 2.57 bits per heavy atom. The molecule has 1 aromatic heterocycles. The predicted molar refractivity (Wildman–Crippen MR) is 90.0 cm³/mol. The third kappa shape index (κ3) is 3.44. The van der Waals surface area contributed by atoms with Crippen LogP contribution in [0.15, 0.2) is 0 Å². The van der Waals surface area contributed by atoms with E-state index in [4.69, 9.17) is 5.73 Å². The molecule has 0 aromatic carbocycles. The number of aliphatic hydroxyl groups excluding tert-OH is 1. The molecule has 0 unspecified atom stereocenters. The molecule has 23 heavy (non-hydrogen) atoms. The van der Waals surface area contributed by atoms with Crippen LogP contribution >= 0.6 is 0 Å². The molecule has 3 rings (SSSR count). The number of hydrogen-bond acceptors (Lipinski definition) is 5. The van der Waals surface area contributed by atoms with Crippen LogP contribution in [0.5, 0.6) is 0 Å². The van der Waals surface area contributed by atoms with Crippen LogP contribution in [0.2, 0.25) is 0 Å². The molecule has 6 heteroatoms. The molecule has 0 atom stereocenters. The quantitative estimate of drug-likeness (QED) is 0.795. The Bertz CT molecular complexity index is 517. The summed E-state index contributed by atoms with van der Waals surface area (Å²) in [7, 11) is 2.13. The molecule has 1 heterocycles. The number of hydrogen-bond donors (Lipinski definition) is 2. The molecule has 0 saturated heterocycles. The van der Waals surface area contributed by atoms with Gasteiger partial charge in [-0.2, -0.15) is 0 Å². The van der Waals surface area contributed by atoms with Crippen molar-refractivity contribution >= 4 is 0 Å². The van der Waals surface area contributed by atoms with E-state index in [1.54, 1.807) is 0 Å². The van der Waals surface area contributed by atoms with E-state index >= 15 is 0 Å². The highest BCUT2D eigenvalue weighted by atomic mass is 16.3. The first-order valence-corrected chi connectivity index (χ1v) is 9.04. The number of rotatable bonds is 7. The summed E-state index contributed by atoms with van der Waals surface area (Å²) in [5.41, 5.74) is 6.01. The maximum Gasteiger partial charge on any atom is 0.147 e. The van der Waals surface area contributed by atoms with Gasteiger partial charge in [0.15, 0.2) is 0 Å². The minimum atomic E-state index is 0.0926. The summed E-state index contributed by atoms with van der Waals surface area (Å²) < 4.78 is 2.26. The molecule has 1 aromatic rings. The first-order chi connectivity index (χ1) is 11.1. The second-order valence-corrected chi connectivity index (χ2v) is 7.68. The zero-order valence-electron chi connectivity index (χ0n) is 14.5. The first kappa shape index (κ1) is 16.9. The summed E-state index contributed by atoms with van der Waals surface area (Å²) >= 11 is 0. The largest absolute Gasteiger partial charge is 0.396 e. The van der Waals surface area contributed by atoms with Gasteiger partial charge in [0.25, 0.3) is 0 Å². The molecule has 6 nitrogen and oxygen atoms in total. The van der Waals surface area contributed by atoms with E-state index in [1.165, 1.54) is 12.8 Å². The highest BCUT2D eigenvalue weighted by Gasteiger charge is 2.35. The fraction of sp³-hybridized carbons (Fsp3) is 0.882. The fourth-order valence-corrected chi connectivity index (χ4v) is 4.35. The summed E-state index contributed by atoms with van der Waals surface area (Å²) in [6, 6.07) is 0.333. The minimum Gasteiger partial charge on any atom is -0.396 e. The van der Waals surface area contributed by atoms with Crippen molar-refractivity contribution in [2.45, 2.75) is 70.5 Å². The topological polar surface area (TPSA) is 80.2 Å². The summed E-state index contributed by atoms with van der Waals surface area (Å²) in [4.78, 5) is 2.30. The third-order valence-corrected chi connectivity index (χ3v) is 5.73. The lowest BCUT2D eigenvalue weighted by Gasteiger charge is -2.32. The Kier molecular flexibility index (Phi) is 5.04. The molecule has 0 bridgehead atoms. The average Bonchev–Trinajstić information content (AvgIpc) is 3.11. The number of nitrogens with two attached hydrogens (primary N) is 1. The van der Waals surface area contributed by atoms with Gasteiger partial charge in [-0.15, -0.1) is 10.2 Å². The molecule has 0 radical (unpaired) electrons. The van der Waals surface area contributed by atoms with Gasteiger partial charge >= 0.3 is 0 Å². The van der Waals surface area contributed by atoms with Crippen LogP contribution in [0.4, 0.5) is 0 Å². The van der Waals surface area contributed by atoms with Crippen LogP contribution in [-0.4, -0.2) is 51.0 Å². The summed E-state index contributed by atoms with van der Waals surface area (Å²) in [6.45, 7) is 5.08. The fourth-order valence-electron chi connectivity index (χ4n) is 4.35. The molecule has 3 N–H and O–H groups in total. The SMILES string of the molecule is CCn1c(CN(C)CC2(CO)CCCC2)nnc1C1CC(N)C1. The van der Waals surface area contributed by atoms with Crippen LogP contribution < -0.4 is 5.73 Å². The smallest absolute Gasteiger partial charge is 0.147 e. The van der Waals surface area contributed by atoms with Gasteiger partial charge in [-0.25, -0.2) is 0 Å². The Labute approximate surface area is 139 Å². The van der Waals surface area contributed by atoms with Gasteiger partial charge in [-0.1, -0.05) is 12.8 Å². The van der Waals surface area contributed by atoms with E-state index in [0.29, 0.717) is 18.6 Å². The molecule has 0 aliphatic heterocycles. The van der Waals surface area contributed by atoms with Gasteiger partial charge in [0.1, 0.15) is 11.6 Å². The van der Waals surface area contributed by atoms with Gasteiger partial charge in [0, 0.05) is 37.1 Å². The standard InChI is InChI=1S/C17H31N5O/c1-3-22-15(19-20-16(22)13-8-14(18)9-13)10-21(2)11-17(12-23)6-4-5-7-17/h13-14,23H,3-12,18H2,1-2H3. The number of aliphatic hydroxyl groups is 1. The Morgan fingerprint density at radius 1 is 1.30 bits per heavy atom. The number of aromatic nitrogens is 3. The van der Waals surface area contributed by atoms with Crippen LogP contribution in [-0.2, 0) is 13.1 Å². The lowest BCUT2D eigenvalue weighted by atomic mass is 9.80. The summed E-state index contributed by atoms with van der Waals surface area (Å²) in [5.74, 6) is 2.63. The van der Waals surface area contributed by atoms with Crippen molar-refractivity contribution in [1.82, 2.24) is 19.7 Å². The average molecular weight is 321 g/mol. The molecule has 2 fully saturated rings. The predicted octanol–water partition coefficient (Wildman–Crippen LogP) is 1.49. The highest BCUT2D eigenvalue weighted by Crippen LogP contribution is 2.38. The third-order valence-electron chi connectivity index (χ3n) is 5.73. The molecule has 2 aliphatic rings. The Morgan fingerprint density at radius 2 is 2.00 bits per heavy atom. The van der Waals surface area contributed by atoms with Crippen LogP contribution in [0.3, 0.4) is 0 Å². The lowest BCUT2D eigenvalue weighted by molar-refractivity contribution is 0.0849. The molecule has 2 aliphatic carbocycles. The lowest BCUT2D eigenvalue weighted by Crippen LogP contribution is -2.37. The van der Waals surface area contributed by atoms with Crippen molar-refractivity contribution in [3.63, 3.8) is 0 Å². The molecular formula is C17H31N5O. The molecular weight excluding hydrogens is 290 g/mol. The van der Waals surface area contributed by atoms with E-state index < -0.39 is 0 Å². The maximum absolute atomic E-state index is 9.80. The van der Waals surface area contributed by atoms with Crippen LogP contribution in [0.25, 0.3) is 0 Å². The van der Waals surface area contributed by atoms with E-state index in [9.17, 15) is 5.11 Å². The second kappa shape index (κ2) is 6.87. The van der Waals surface area contributed by atoms with Crippen molar-refractivity contribution in [3.05, 3.63) is 11.6 Å². The Hall–Kier alpha value is -0.980. The van der Waals surface area contributed by atoms with E-state index in [2.05, 4.69) is 33.6 Å². The second-order valence-electron chi connectivity index (χ2n) is 7.68. The van der Waals surface area contributed by atoms with Gasteiger partial charge in [-0.3, -0.25) is 4.90 Å². The van der Waals surface area contributed by atoms with E-state index in [0.717, 1.165) is 57.0 Å². The van der Waals surface area contributed by atoms with E-state index in [-0.39, 0.29) is 5.41 Å². The monoisotopic (exact) mass is 321 g/mol. The minimum absolute atomic E-state index is 0.0926. The molecule has 2 saturated carbocycles. The van der Waals surface area contributed by atoms with Gasteiger partial charge in [0.2, 0.25) is 0 Å². The number of nitrogens with zero attached hydrogens (tertiary/aromatic N) is 4. The van der Waals surface area contributed by atoms with Gasteiger partial charge < -0.3 is 15.4 Å². The molecule has 130 valence electrons. The van der Waals surface area contributed by atoms with Crippen molar-refractivity contribution in [1.29, 1.82) is 0 Å². The zero-order valence-corrected chi connectivity index (χ0v) is 14.5. The van der Waals surface area contributed by atoms with Crippen molar-refractivity contribution in [2.75, 3.05) is 20.2 Å². The zero-order chi connectivity index (χ0) is 16.4. The maximum atomic E-state index is 9.80. The van der Waals surface area contributed by atoms with Crippen molar-refractivity contribution < 1.29 is 5.11 Å². The summed E-state index contributed by atoms with van der Waals surface area (Å²) in [5, 5.41) is 18.7. The molecule has 0 spiro atoms. The molecule has 0 amide bonds. The van der Waals surface area contributed by atoms with E-state index in [1.807, 2.05) is 0 Å². The van der Waals surface area contributed by atoms with Crippen molar-refractivity contribution in [3.8, 4) is 0 Å². The normalized spacial score (nSPS) is 26.7. The summed E-state index contributed by atoms with van der Waals surface area (Å²) in [6.07, 6.45) is 6.82. The van der Waals surface area contributed by atoms with Gasteiger partial charge in [-0.05, 0) is 39.7 Å². The van der Waals surface area contributed by atoms with Crippen molar-refractivity contribution in [2.24, 2.45) is 11.1 Å². The van der Waals surface area contributed by atoms with Crippen LogP contribution in [0, 0.1) is 5.41 Å².